The third-order valence-corrected chi connectivity index (χ3v) is 3.59. The lowest BCUT2D eigenvalue weighted by atomic mass is 10.1. The van der Waals surface area contributed by atoms with E-state index in [4.69, 9.17) is 0 Å². The van der Waals surface area contributed by atoms with E-state index in [1.54, 1.807) is 12.1 Å². The van der Waals surface area contributed by atoms with Gasteiger partial charge < -0.3 is 5.32 Å². The highest BCUT2D eigenvalue weighted by atomic mass is 19.1. The summed E-state index contributed by atoms with van der Waals surface area (Å²) in [5, 5.41) is 13.9. The Labute approximate surface area is 139 Å². The van der Waals surface area contributed by atoms with Crippen molar-refractivity contribution < 1.29 is 13.7 Å². The van der Waals surface area contributed by atoms with E-state index in [0.717, 1.165) is 16.5 Å². The molecule has 9 heteroatoms. The Morgan fingerprint density at radius 2 is 2.04 bits per heavy atom. The normalized spacial score (nSPS) is 10.8. The molecule has 0 bridgehead atoms. The van der Waals surface area contributed by atoms with Gasteiger partial charge in [0.1, 0.15) is 17.3 Å². The Bertz CT molecular complexity index is 1020. The average molecular weight is 346 g/mol. The lowest BCUT2D eigenvalue weighted by molar-refractivity contribution is -0.385. The van der Waals surface area contributed by atoms with Crippen LogP contribution in [0.25, 0.3) is 5.65 Å². The second-order valence-corrected chi connectivity index (χ2v) is 5.21. The van der Waals surface area contributed by atoms with Gasteiger partial charge in [0.15, 0.2) is 0 Å². The fourth-order valence-electron chi connectivity index (χ4n) is 2.41. The Balaban J connectivity index is 1.89. The summed E-state index contributed by atoms with van der Waals surface area (Å²) >= 11 is 0. The van der Waals surface area contributed by atoms with Crippen molar-refractivity contribution in [2.45, 2.75) is 6.42 Å². The third kappa shape index (κ3) is 3.30. The second kappa shape index (κ2) is 6.63. The molecule has 0 aliphatic rings. The van der Waals surface area contributed by atoms with Gasteiger partial charge >= 0.3 is 11.2 Å². The van der Waals surface area contributed by atoms with Crippen LogP contribution in [0.15, 0.2) is 47.4 Å². The van der Waals surface area contributed by atoms with Crippen LogP contribution in [0.5, 0.6) is 0 Å². The van der Waals surface area contributed by atoms with Crippen molar-refractivity contribution in [3.8, 4) is 0 Å². The van der Waals surface area contributed by atoms with Crippen molar-refractivity contribution in [2.24, 2.45) is 0 Å². The molecule has 0 radical (unpaired) electrons. The number of anilines is 1. The highest BCUT2D eigenvalue weighted by molar-refractivity contribution is 5.59. The molecule has 0 saturated carbocycles. The second-order valence-electron chi connectivity index (χ2n) is 5.21. The predicted molar refractivity (Wildman–Crippen MR) is 86.7 cm³/mol. The Morgan fingerprint density at radius 3 is 2.76 bits per heavy atom. The van der Waals surface area contributed by atoms with E-state index in [2.05, 4.69) is 10.3 Å². The van der Waals surface area contributed by atoms with Gasteiger partial charge in [-0.05, 0) is 30.2 Å². The van der Waals surface area contributed by atoms with Crippen LogP contribution in [0.1, 0.15) is 5.56 Å². The van der Waals surface area contributed by atoms with E-state index >= 15 is 0 Å². The minimum Gasteiger partial charge on any atom is -0.364 e. The quantitative estimate of drug-likeness (QED) is 0.566. The molecule has 128 valence electrons. The van der Waals surface area contributed by atoms with Crippen LogP contribution in [-0.4, -0.2) is 20.9 Å². The smallest absolute Gasteiger partial charge is 0.364 e. The summed E-state index contributed by atoms with van der Waals surface area (Å²) in [5.74, 6) is -1.58. The number of fused-ring (bicyclic) bond motifs is 1. The predicted octanol–water partition coefficient (Wildman–Crippen LogP) is 2.54. The van der Waals surface area contributed by atoms with Crippen molar-refractivity contribution in [3.63, 3.8) is 0 Å². The van der Waals surface area contributed by atoms with Crippen molar-refractivity contribution in [2.75, 3.05) is 11.9 Å². The molecule has 3 rings (SSSR count). The van der Waals surface area contributed by atoms with Crippen molar-refractivity contribution in [3.05, 3.63) is 80.3 Å². The summed E-state index contributed by atoms with van der Waals surface area (Å²) < 4.78 is 27.6. The first-order valence-corrected chi connectivity index (χ1v) is 7.31. The topological polar surface area (TPSA) is 89.5 Å². The number of aromatic nitrogens is 2. The number of benzene rings is 1. The number of hydrogen-bond acceptors (Lipinski definition) is 5. The van der Waals surface area contributed by atoms with Gasteiger partial charge in [0.2, 0.25) is 5.82 Å². The fraction of sp³-hybridized carbons (Fsp3) is 0.125. The molecule has 1 aromatic carbocycles. The Kier molecular flexibility index (Phi) is 4.38. The average Bonchev–Trinajstić information content (AvgIpc) is 2.56. The van der Waals surface area contributed by atoms with Gasteiger partial charge in [0.25, 0.3) is 0 Å². The molecule has 0 fully saturated rings. The van der Waals surface area contributed by atoms with Gasteiger partial charge in [0.05, 0.1) is 4.92 Å². The number of hydrogen-bond donors (Lipinski definition) is 1. The van der Waals surface area contributed by atoms with E-state index in [1.165, 1.54) is 18.3 Å². The summed E-state index contributed by atoms with van der Waals surface area (Å²) in [7, 11) is 0. The number of nitro groups is 1. The van der Waals surface area contributed by atoms with E-state index < -0.39 is 27.8 Å². The number of nitrogens with one attached hydrogen (secondary N) is 1. The first-order valence-electron chi connectivity index (χ1n) is 7.31. The molecule has 0 amide bonds. The first kappa shape index (κ1) is 16.5. The highest BCUT2D eigenvalue weighted by Crippen LogP contribution is 2.18. The molecule has 25 heavy (non-hydrogen) atoms. The van der Waals surface area contributed by atoms with Gasteiger partial charge in [-0.2, -0.15) is 0 Å². The maximum absolute atomic E-state index is 13.6. The highest BCUT2D eigenvalue weighted by Gasteiger charge is 2.23. The molecular weight excluding hydrogens is 334 g/mol. The van der Waals surface area contributed by atoms with Crippen LogP contribution >= 0.6 is 0 Å². The molecule has 1 N–H and O–H groups in total. The Morgan fingerprint density at radius 1 is 1.24 bits per heavy atom. The molecule has 7 nitrogen and oxygen atoms in total. The molecule has 0 saturated heterocycles. The van der Waals surface area contributed by atoms with E-state index in [1.807, 2.05) is 0 Å². The largest absolute Gasteiger partial charge is 0.376 e. The zero-order chi connectivity index (χ0) is 18.0. The van der Waals surface area contributed by atoms with Gasteiger partial charge in [-0.15, -0.1) is 0 Å². The summed E-state index contributed by atoms with van der Waals surface area (Å²) in [6, 6.07) is 7.93. The van der Waals surface area contributed by atoms with E-state index in [-0.39, 0.29) is 30.0 Å². The van der Waals surface area contributed by atoms with Crippen LogP contribution < -0.4 is 10.9 Å². The van der Waals surface area contributed by atoms with Crippen molar-refractivity contribution >= 4 is 17.2 Å². The van der Waals surface area contributed by atoms with E-state index in [9.17, 15) is 23.7 Å². The first-order chi connectivity index (χ1) is 12.0. The van der Waals surface area contributed by atoms with E-state index in [0.29, 0.717) is 0 Å². The van der Waals surface area contributed by atoms with Gasteiger partial charge in [-0.1, -0.05) is 12.1 Å². The molecule has 3 aromatic rings. The summed E-state index contributed by atoms with van der Waals surface area (Å²) in [5.41, 5.74) is -1.02. The monoisotopic (exact) mass is 346 g/mol. The number of pyridine rings is 1. The summed E-state index contributed by atoms with van der Waals surface area (Å²) in [4.78, 5) is 26.7. The Hall–Kier alpha value is -3.36. The molecule has 0 spiro atoms. The zero-order valence-electron chi connectivity index (χ0n) is 12.8. The number of halogens is 2. The van der Waals surface area contributed by atoms with Crippen molar-refractivity contribution in [1.82, 2.24) is 9.38 Å². The van der Waals surface area contributed by atoms with Crippen LogP contribution in [0, 0.1) is 21.7 Å². The molecule has 0 unspecified atom stereocenters. The van der Waals surface area contributed by atoms with Gasteiger partial charge in [-0.25, -0.2) is 13.8 Å². The SMILES string of the molecule is O=c1c([N+](=O)[O-])c(NCCc2ccc(F)cc2F)nc2ccccn12. The van der Waals surface area contributed by atoms with Crippen molar-refractivity contribution in [1.29, 1.82) is 0 Å². The standard InChI is InChI=1S/C16H12F2N4O3/c17-11-5-4-10(12(18)9-11)6-7-19-15-14(22(24)25)16(23)21-8-2-1-3-13(21)20-15/h1-5,8-9,19H,6-7H2. The number of nitrogens with zero attached hydrogens (tertiary/aromatic N) is 3. The number of rotatable bonds is 5. The molecule has 0 atom stereocenters. The lowest BCUT2D eigenvalue weighted by Gasteiger charge is -2.08. The van der Waals surface area contributed by atoms with Crippen LogP contribution in [0.2, 0.25) is 0 Å². The maximum Gasteiger partial charge on any atom is 0.376 e. The van der Waals surface area contributed by atoms with Crippen LogP contribution in [0.3, 0.4) is 0 Å². The lowest BCUT2D eigenvalue weighted by Crippen LogP contribution is -2.21. The van der Waals surface area contributed by atoms with Crippen LogP contribution in [-0.2, 0) is 6.42 Å². The molecule has 0 aliphatic carbocycles. The van der Waals surface area contributed by atoms with Gasteiger partial charge in [0, 0.05) is 18.8 Å². The summed E-state index contributed by atoms with van der Waals surface area (Å²) in [6.07, 6.45) is 1.52. The minimum absolute atomic E-state index is 0.0822. The molecule has 2 aromatic heterocycles. The van der Waals surface area contributed by atoms with Crippen LogP contribution in [0.4, 0.5) is 20.3 Å². The third-order valence-electron chi connectivity index (χ3n) is 3.59. The maximum atomic E-state index is 13.6. The zero-order valence-corrected chi connectivity index (χ0v) is 12.8. The summed E-state index contributed by atoms with van der Waals surface area (Å²) in [6.45, 7) is 0.0822. The van der Waals surface area contributed by atoms with Gasteiger partial charge in [-0.3, -0.25) is 19.3 Å². The molecule has 2 heterocycles. The molecular formula is C16H12F2N4O3. The molecule has 0 aliphatic heterocycles. The minimum atomic E-state index is -0.814. The fourth-order valence-corrected chi connectivity index (χ4v) is 2.41.